The Morgan fingerprint density at radius 1 is 1.25 bits per heavy atom. The first-order chi connectivity index (χ1) is 9.51. The van der Waals surface area contributed by atoms with Gasteiger partial charge in [0.25, 0.3) is 0 Å². The summed E-state index contributed by atoms with van der Waals surface area (Å²) in [5, 5.41) is 0.788. The molecule has 2 heterocycles. The van der Waals surface area contributed by atoms with E-state index in [9.17, 15) is 4.79 Å². The summed E-state index contributed by atoms with van der Waals surface area (Å²) in [5.74, 6) is 0.972. The molecule has 0 aliphatic carbocycles. The van der Waals surface area contributed by atoms with Gasteiger partial charge in [-0.3, -0.25) is 0 Å². The fraction of sp³-hybridized carbons (Fsp3) is 0.400. The predicted molar refractivity (Wildman–Crippen MR) is 73.5 cm³/mol. The van der Waals surface area contributed by atoms with Crippen molar-refractivity contribution in [1.29, 1.82) is 0 Å². The number of methoxy groups -OCH3 is 1. The van der Waals surface area contributed by atoms with Crippen LogP contribution in [0.1, 0.15) is 13.8 Å². The lowest BCUT2D eigenvalue weighted by molar-refractivity contribution is 0.245. The maximum absolute atomic E-state index is 11.4. The van der Waals surface area contributed by atoms with Crippen LogP contribution in [0.3, 0.4) is 0 Å². The highest BCUT2D eigenvalue weighted by molar-refractivity contribution is 5.85. The predicted octanol–water partition coefficient (Wildman–Crippen LogP) is 2.36. The molecule has 0 N–H and O–H groups in total. The first-order valence-electron chi connectivity index (χ1n) is 6.43. The minimum Gasteiger partial charge on any atom is -0.493 e. The molecule has 1 atom stereocenters. The van der Waals surface area contributed by atoms with Crippen LogP contribution in [0, 0.1) is 0 Å². The van der Waals surface area contributed by atoms with Crippen LogP contribution < -0.4 is 15.1 Å². The van der Waals surface area contributed by atoms with Gasteiger partial charge in [0.1, 0.15) is 12.7 Å². The molecule has 0 amide bonds. The normalized spacial score (nSPS) is 19.9. The first kappa shape index (κ1) is 13.0. The van der Waals surface area contributed by atoms with Gasteiger partial charge in [-0.15, -0.1) is 0 Å². The second kappa shape index (κ2) is 4.52. The Kier molecular flexibility index (Phi) is 2.94. The molecule has 1 aromatic heterocycles. The number of epoxide rings is 1. The molecular weight excluding hydrogens is 260 g/mol. The van der Waals surface area contributed by atoms with Crippen molar-refractivity contribution in [2.24, 2.45) is 0 Å². The third-order valence-electron chi connectivity index (χ3n) is 3.47. The minimum absolute atomic E-state index is 0.0397. The van der Waals surface area contributed by atoms with Crippen molar-refractivity contribution in [2.45, 2.75) is 25.6 Å². The number of rotatable bonds is 4. The van der Waals surface area contributed by atoms with Crippen LogP contribution in [0.2, 0.25) is 0 Å². The second-order valence-electron chi connectivity index (χ2n) is 5.29. The molecule has 1 unspecified atom stereocenters. The molecule has 1 aliphatic rings. The maximum Gasteiger partial charge on any atom is 0.336 e. The smallest absolute Gasteiger partial charge is 0.336 e. The van der Waals surface area contributed by atoms with Gasteiger partial charge in [0.05, 0.1) is 12.7 Å². The van der Waals surface area contributed by atoms with Crippen LogP contribution in [0.4, 0.5) is 0 Å². The molecular formula is C15H16O5. The van der Waals surface area contributed by atoms with Crippen LogP contribution in [0.25, 0.3) is 11.0 Å². The summed E-state index contributed by atoms with van der Waals surface area (Å²) < 4.78 is 21.8. The molecule has 2 aromatic rings. The van der Waals surface area contributed by atoms with E-state index in [1.54, 1.807) is 19.2 Å². The highest BCUT2D eigenvalue weighted by Crippen LogP contribution is 2.39. The Balaban J connectivity index is 1.97. The van der Waals surface area contributed by atoms with Gasteiger partial charge in [0.15, 0.2) is 11.3 Å². The third-order valence-corrected chi connectivity index (χ3v) is 3.47. The van der Waals surface area contributed by atoms with Gasteiger partial charge in [-0.2, -0.15) is 0 Å². The number of fused-ring (bicyclic) bond motifs is 1. The summed E-state index contributed by atoms with van der Waals surface area (Å²) in [7, 11) is 1.55. The lowest BCUT2D eigenvalue weighted by Gasteiger charge is -2.11. The summed E-state index contributed by atoms with van der Waals surface area (Å²) in [6.07, 6.45) is 0.0397. The third kappa shape index (κ3) is 2.25. The van der Waals surface area contributed by atoms with Gasteiger partial charge in [-0.1, -0.05) is 0 Å². The molecule has 106 valence electrons. The lowest BCUT2D eigenvalue weighted by atomic mass is 10.1. The SMILES string of the molecule is COc1ccc2ccc(=O)oc2c1OCC1OC1(C)C. The molecule has 3 rings (SSSR count). The maximum atomic E-state index is 11.4. The number of ether oxygens (including phenoxy) is 3. The van der Waals surface area contributed by atoms with Crippen molar-refractivity contribution in [1.82, 2.24) is 0 Å². The van der Waals surface area contributed by atoms with Crippen LogP contribution in [0.15, 0.2) is 33.5 Å². The summed E-state index contributed by atoms with van der Waals surface area (Å²) in [6.45, 7) is 4.39. The Morgan fingerprint density at radius 3 is 2.60 bits per heavy atom. The molecule has 20 heavy (non-hydrogen) atoms. The Labute approximate surface area is 116 Å². The van der Waals surface area contributed by atoms with Crippen molar-refractivity contribution >= 4 is 11.0 Å². The standard InChI is InChI=1S/C15H16O5/c1-15(2)11(20-15)8-18-14-10(17-3)6-4-9-5-7-12(16)19-13(9)14/h4-7,11H,8H2,1-3H3. The Bertz CT molecular complexity index is 701. The van der Waals surface area contributed by atoms with Gasteiger partial charge in [-0.05, 0) is 32.0 Å². The molecule has 0 radical (unpaired) electrons. The lowest BCUT2D eigenvalue weighted by Crippen LogP contribution is -2.13. The van der Waals surface area contributed by atoms with Crippen LogP contribution >= 0.6 is 0 Å². The summed E-state index contributed by atoms with van der Waals surface area (Å²) in [5.41, 5.74) is -0.174. The number of benzene rings is 1. The van der Waals surface area contributed by atoms with E-state index in [4.69, 9.17) is 18.6 Å². The van der Waals surface area contributed by atoms with Crippen molar-refractivity contribution < 1.29 is 18.6 Å². The average Bonchev–Trinajstić information content (AvgIpc) is 3.03. The monoisotopic (exact) mass is 276 g/mol. The van der Waals surface area contributed by atoms with Crippen molar-refractivity contribution in [3.8, 4) is 11.5 Å². The van der Waals surface area contributed by atoms with E-state index in [0.717, 1.165) is 5.39 Å². The molecule has 0 spiro atoms. The zero-order chi connectivity index (χ0) is 14.3. The number of hydrogen-bond acceptors (Lipinski definition) is 5. The molecule has 1 fully saturated rings. The fourth-order valence-corrected chi connectivity index (χ4v) is 2.11. The largest absolute Gasteiger partial charge is 0.493 e. The van der Waals surface area contributed by atoms with Gasteiger partial charge in [0, 0.05) is 11.5 Å². The molecule has 0 bridgehead atoms. The topological polar surface area (TPSA) is 61.2 Å². The van der Waals surface area contributed by atoms with Crippen molar-refractivity contribution in [3.63, 3.8) is 0 Å². The molecule has 5 heteroatoms. The first-order valence-corrected chi connectivity index (χ1v) is 6.43. The molecule has 1 aliphatic heterocycles. The van der Waals surface area contributed by atoms with E-state index in [1.807, 2.05) is 19.9 Å². The molecule has 1 aromatic carbocycles. The second-order valence-corrected chi connectivity index (χ2v) is 5.29. The van der Waals surface area contributed by atoms with E-state index in [1.165, 1.54) is 6.07 Å². The van der Waals surface area contributed by atoms with E-state index < -0.39 is 5.63 Å². The molecule has 0 saturated carbocycles. The highest BCUT2D eigenvalue weighted by Gasteiger charge is 2.48. The van der Waals surface area contributed by atoms with E-state index in [2.05, 4.69) is 0 Å². The van der Waals surface area contributed by atoms with E-state index in [0.29, 0.717) is 23.7 Å². The van der Waals surface area contributed by atoms with Gasteiger partial charge in [0.2, 0.25) is 5.75 Å². The van der Waals surface area contributed by atoms with E-state index in [-0.39, 0.29) is 11.7 Å². The minimum atomic E-state index is -0.418. The zero-order valence-corrected chi connectivity index (χ0v) is 11.6. The zero-order valence-electron chi connectivity index (χ0n) is 11.6. The fourth-order valence-electron chi connectivity index (χ4n) is 2.11. The van der Waals surface area contributed by atoms with Gasteiger partial charge >= 0.3 is 5.63 Å². The van der Waals surface area contributed by atoms with Gasteiger partial charge < -0.3 is 18.6 Å². The molecule has 1 saturated heterocycles. The summed E-state index contributed by atoms with van der Waals surface area (Å²) in [4.78, 5) is 11.4. The average molecular weight is 276 g/mol. The summed E-state index contributed by atoms with van der Waals surface area (Å²) in [6, 6.07) is 6.69. The highest BCUT2D eigenvalue weighted by atomic mass is 16.6. The van der Waals surface area contributed by atoms with Crippen molar-refractivity contribution in [3.05, 3.63) is 34.7 Å². The Hall–Kier alpha value is -2.01. The van der Waals surface area contributed by atoms with Crippen LogP contribution in [-0.4, -0.2) is 25.4 Å². The van der Waals surface area contributed by atoms with Gasteiger partial charge in [-0.25, -0.2) is 4.79 Å². The quantitative estimate of drug-likeness (QED) is 0.633. The van der Waals surface area contributed by atoms with Crippen LogP contribution in [-0.2, 0) is 4.74 Å². The summed E-state index contributed by atoms with van der Waals surface area (Å²) >= 11 is 0. The van der Waals surface area contributed by atoms with Crippen molar-refractivity contribution in [2.75, 3.05) is 13.7 Å². The number of hydrogen-bond donors (Lipinski definition) is 0. The Morgan fingerprint density at radius 2 is 1.95 bits per heavy atom. The van der Waals surface area contributed by atoms with Crippen LogP contribution in [0.5, 0.6) is 11.5 Å². The molecule has 5 nitrogen and oxygen atoms in total. The van der Waals surface area contributed by atoms with E-state index >= 15 is 0 Å².